The molecule has 0 saturated carbocycles. The van der Waals surface area contributed by atoms with Crippen LogP contribution in [0.4, 0.5) is 5.69 Å². The number of benzene rings is 1. The third-order valence-electron chi connectivity index (χ3n) is 4.67. The van der Waals surface area contributed by atoms with Gasteiger partial charge in [0, 0.05) is 39.4 Å². The molecule has 0 spiro atoms. The molecule has 0 saturated heterocycles. The Bertz CT molecular complexity index is 1080. The summed E-state index contributed by atoms with van der Waals surface area (Å²) in [6, 6.07) is 5.57. The minimum Gasteiger partial charge on any atom is -0.494 e. The van der Waals surface area contributed by atoms with E-state index in [1.165, 1.54) is 6.92 Å². The van der Waals surface area contributed by atoms with E-state index >= 15 is 0 Å². The topological polar surface area (TPSA) is 90.2 Å². The SMILES string of the molecule is COc1c(C(=O)NCC(C)C)cn(C)c1-c1nc2cc(NC(C)=O)ccc2n1C. The lowest BCUT2D eigenvalue weighted by Crippen LogP contribution is -2.27. The van der Waals surface area contributed by atoms with Gasteiger partial charge in [-0.1, -0.05) is 13.8 Å². The van der Waals surface area contributed by atoms with E-state index in [0.29, 0.717) is 41.0 Å². The predicted octanol–water partition coefficient (Wildman–Crippen LogP) is 2.93. The lowest BCUT2D eigenvalue weighted by molar-refractivity contribution is -0.114. The molecule has 29 heavy (non-hydrogen) atoms. The fraction of sp³-hybridized carbons (Fsp3) is 0.381. The Morgan fingerprint density at radius 2 is 1.97 bits per heavy atom. The summed E-state index contributed by atoms with van der Waals surface area (Å²) in [7, 11) is 5.32. The Balaban J connectivity index is 2.08. The zero-order valence-electron chi connectivity index (χ0n) is 17.7. The first kappa shape index (κ1) is 20.4. The first-order valence-electron chi connectivity index (χ1n) is 9.48. The van der Waals surface area contributed by atoms with Crippen molar-refractivity contribution >= 4 is 28.5 Å². The number of carbonyl (C=O) groups is 2. The van der Waals surface area contributed by atoms with Gasteiger partial charge in [0.1, 0.15) is 5.69 Å². The lowest BCUT2D eigenvalue weighted by Gasteiger charge is -2.09. The van der Waals surface area contributed by atoms with Crippen LogP contribution >= 0.6 is 0 Å². The van der Waals surface area contributed by atoms with E-state index in [0.717, 1.165) is 11.0 Å². The molecule has 2 aromatic heterocycles. The number of nitrogens with one attached hydrogen (secondary N) is 2. The van der Waals surface area contributed by atoms with Crippen LogP contribution in [0, 0.1) is 5.92 Å². The van der Waals surface area contributed by atoms with Gasteiger partial charge in [-0.15, -0.1) is 0 Å². The van der Waals surface area contributed by atoms with Gasteiger partial charge in [-0.3, -0.25) is 9.59 Å². The summed E-state index contributed by atoms with van der Waals surface area (Å²) >= 11 is 0. The fourth-order valence-electron chi connectivity index (χ4n) is 3.32. The number of aromatic nitrogens is 3. The van der Waals surface area contributed by atoms with Crippen LogP contribution in [0.15, 0.2) is 24.4 Å². The molecular weight excluding hydrogens is 370 g/mol. The Morgan fingerprint density at radius 3 is 2.59 bits per heavy atom. The minimum atomic E-state index is -0.177. The van der Waals surface area contributed by atoms with Gasteiger partial charge >= 0.3 is 0 Å². The Kier molecular flexibility index (Phi) is 5.63. The van der Waals surface area contributed by atoms with Crippen molar-refractivity contribution in [1.29, 1.82) is 0 Å². The molecule has 0 aliphatic rings. The number of methoxy groups -OCH3 is 1. The third-order valence-corrected chi connectivity index (χ3v) is 4.67. The zero-order chi connectivity index (χ0) is 21.3. The van der Waals surface area contributed by atoms with Crippen LogP contribution in [0.25, 0.3) is 22.6 Å². The van der Waals surface area contributed by atoms with Crippen LogP contribution < -0.4 is 15.4 Å². The van der Waals surface area contributed by atoms with E-state index in [-0.39, 0.29) is 11.8 Å². The smallest absolute Gasteiger partial charge is 0.256 e. The van der Waals surface area contributed by atoms with E-state index in [1.54, 1.807) is 13.3 Å². The molecule has 0 bridgehead atoms. The minimum absolute atomic E-state index is 0.137. The molecule has 0 unspecified atom stereocenters. The Labute approximate surface area is 169 Å². The van der Waals surface area contributed by atoms with Gasteiger partial charge in [-0.05, 0) is 24.1 Å². The third kappa shape index (κ3) is 3.96. The molecule has 0 atom stereocenters. The highest BCUT2D eigenvalue weighted by Crippen LogP contribution is 2.35. The number of hydrogen-bond acceptors (Lipinski definition) is 4. The molecule has 8 nitrogen and oxygen atoms in total. The molecule has 154 valence electrons. The van der Waals surface area contributed by atoms with Gasteiger partial charge < -0.3 is 24.5 Å². The van der Waals surface area contributed by atoms with E-state index in [1.807, 2.05) is 55.3 Å². The Morgan fingerprint density at radius 1 is 1.24 bits per heavy atom. The van der Waals surface area contributed by atoms with Crippen molar-refractivity contribution in [2.45, 2.75) is 20.8 Å². The number of rotatable bonds is 6. The second kappa shape index (κ2) is 7.98. The molecule has 8 heteroatoms. The summed E-state index contributed by atoms with van der Waals surface area (Å²) in [6.07, 6.45) is 1.76. The van der Waals surface area contributed by atoms with Crippen LogP contribution in [-0.2, 0) is 18.9 Å². The van der Waals surface area contributed by atoms with Crippen LogP contribution in [0.2, 0.25) is 0 Å². The lowest BCUT2D eigenvalue weighted by atomic mass is 10.2. The fourth-order valence-corrected chi connectivity index (χ4v) is 3.32. The van der Waals surface area contributed by atoms with Gasteiger partial charge in [0.15, 0.2) is 11.6 Å². The quantitative estimate of drug-likeness (QED) is 0.669. The number of imidazole rings is 1. The number of nitrogens with zero attached hydrogens (tertiary/aromatic N) is 3. The highest BCUT2D eigenvalue weighted by atomic mass is 16.5. The highest BCUT2D eigenvalue weighted by molar-refractivity contribution is 5.99. The summed E-state index contributed by atoms with van der Waals surface area (Å²) in [5.74, 6) is 1.19. The average molecular weight is 397 g/mol. The number of hydrogen-bond donors (Lipinski definition) is 2. The molecule has 0 aliphatic carbocycles. The van der Waals surface area contributed by atoms with Crippen molar-refractivity contribution in [3.63, 3.8) is 0 Å². The monoisotopic (exact) mass is 397 g/mol. The number of aryl methyl sites for hydroxylation is 2. The van der Waals surface area contributed by atoms with Crippen molar-refractivity contribution in [3.8, 4) is 17.3 Å². The molecule has 3 aromatic rings. The van der Waals surface area contributed by atoms with Gasteiger partial charge in [0.25, 0.3) is 5.91 Å². The first-order chi connectivity index (χ1) is 13.7. The van der Waals surface area contributed by atoms with Crippen molar-refractivity contribution in [3.05, 3.63) is 30.0 Å². The molecule has 3 rings (SSSR count). The summed E-state index contributed by atoms with van der Waals surface area (Å²) in [4.78, 5) is 28.7. The molecule has 2 amide bonds. The molecule has 0 aliphatic heterocycles. The van der Waals surface area contributed by atoms with E-state index < -0.39 is 0 Å². The summed E-state index contributed by atoms with van der Waals surface area (Å²) < 4.78 is 9.41. The van der Waals surface area contributed by atoms with Crippen molar-refractivity contribution in [2.24, 2.45) is 20.0 Å². The van der Waals surface area contributed by atoms with Gasteiger partial charge in [0.05, 0.1) is 23.7 Å². The second-order valence-electron chi connectivity index (χ2n) is 7.52. The van der Waals surface area contributed by atoms with Crippen molar-refractivity contribution < 1.29 is 14.3 Å². The zero-order valence-corrected chi connectivity index (χ0v) is 17.7. The first-order valence-corrected chi connectivity index (χ1v) is 9.48. The van der Waals surface area contributed by atoms with Crippen LogP contribution in [0.5, 0.6) is 5.75 Å². The highest BCUT2D eigenvalue weighted by Gasteiger charge is 2.25. The molecule has 0 radical (unpaired) electrons. The number of fused-ring (bicyclic) bond motifs is 1. The molecule has 2 heterocycles. The van der Waals surface area contributed by atoms with Crippen molar-refractivity contribution in [1.82, 2.24) is 19.4 Å². The molecule has 2 N–H and O–H groups in total. The van der Waals surface area contributed by atoms with E-state index in [2.05, 4.69) is 10.6 Å². The molecule has 0 fully saturated rings. The maximum Gasteiger partial charge on any atom is 0.256 e. The van der Waals surface area contributed by atoms with Crippen LogP contribution in [0.1, 0.15) is 31.1 Å². The maximum absolute atomic E-state index is 12.7. The van der Waals surface area contributed by atoms with Crippen LogP contribution in [-0.4, -0.2) is 39.6 Å². The molecule has 1 aromatic carbocycles. The van der Waals surface area contributed by atoms with Gasteiger partial charge in [-0.25, -0.2) is 4.98 Å². The number of amides is 2. The maximum atomic E-state index is 12.7. The average Bonchev–Trinajstić information content (AvgIpc) is 3.15. The van der Waals surface area contributed by atoms with Crippen LogP contribution in [0.3, 0.4) is 0 Å². The summed E-state index contributed by atoms with van der Waals surface area (Å²) in [5.41, 5.74) is 3.51. The number of anilines is 1. The summed E-state index contributed by atoms with van der Waals surface area (Å²) in [6.45, 7) is 6.14. The van der Waals surface area contributed by atoms with Gasteiger partial charge in [0.2, 0.25) is 5.91 Å². The van der Waals surface area contributed by atoms with Crippen molar-refractivity contribution in [2.75, 3.05) is 19.0 Å². The Hall–Kier alpha value is -3.29. The largest absolute Gasteiger partial charge is 0.494 e. The standard InChI is InChI=1S/C21H27N5O3/c1-12(2)10-22-21(28)15-11-25(4)18(19(15)29-6)20-24-16-9-14(23-13(3)27)7-8-17(16)26(20)5/h7-9,11-12H,10H2,1-6H3,(H,22,28)(H,23,27). The predicted molar refractivity (Wildman–Crippen MR) is 113 cm³/mol. The van der Waals surface area contributed by atoms with E-state index in [4.69, 9.17) is 9.72 Å². The second-order valence-corrected chi connectivity index (χ2v) is 7.52. The number of ether oxygens (including phenoxy) is 1. The normalized spacial score (nSPS) is 11.1. The van der Waals surface area contributed by atoms with Gasteiger partial charge in [-0.2, -0.15) is 0 Å². The summed E-state index contributed by atoms with van der Waals surface area (Å²) in [5, 5.41) is 5.70. The van der Waals surface area contributed by atoms with E-state index in [9.17, 15) is 9.59 Å². The number of carbonyl (C=O) groups excluding carboxylic acids is 2. The molecular formula is C21H27N5O3.